The number of alkyl halides is 3. The van der Waals surface area contributed by atoms with Gasteiger partial charge >= 0.3 is 6.09 Å². The molecule has 0 saturated carbocycles. The van der Waals surface area contributed by atoms with Crippen molar-refractivity contribution in [3.05, 3.63) is 35.9 Å². The summed E-state index contributed by atoms with van der Waals surface area (Å²) in [6, 6.07) is 6.66. The van der Waals surface area contributed by atoms with Gasteiger partial charge in [0.25, 0.3) is 0 Å². The predicted octanol–water partition coefficient (Wildman–Crippen LogP) is 1.57. The van der Waals surface area contributed by atoms with Crippen LogP contribution in [0.25, 0.3) is 0 Å². The summed E-state index contributed by atoms with van der Waals surface area (Å²) >= 11 is 16.2. The number of aliphatic carboxylic acids is 1. The van der Waals surface area contributed by atoms with Gasteiger partial charge in [-0.05, 0) is 5.56 Å². The molecule has 0 saturated heterocycles. The zero-order chi connectivity index (χ0) is 14.5. The first-order valence-electron chi connectivity index (χ1n) is 5.05. The van der Waals surface area contributed by atoms with E-state index < -0.39 is 28.5 Å². The second kappa shape index (κ2) is 6.84. The van der Waals surface area contributed by atoms with Gasteiger partial charge in [0.15, 0.2) is 0 Å². The second-order valence-electron chi connectivity index (χ2n) is 3.50. The Morgan fingerprint density at radius 2 is 1.84 bits per heavy atom. The number of benzene rings is 1. The molecular formula is C11H9Cl3NO4-. The minimum absolute atomic E-state index is 0.341. The highest BCUT2D eigenvalue weighted by Gasteiger charge is 2.23. The van der Waals surface area contributed by atoms with Crippen molar-refractivity contribution in [2.75, 3.05) is 6.61 Å². The number of alkyl carbamates (subject to hydrolysis) is 1. The van der Waals surface area contributed by atoms with Crippen LogP contribution in [0.2, 0.25) is 0 Å². The quantitative estimate of drug-likeness (QED) is 0.852. The van der Waals surface area contributed by atoms with Crippen molar-refractivity contribution < 1.29 is 19.4 Å². The van der Waals surface area contributed by atoms with Crippen molar-refractivity contribution in [3.8, 4) is 0 Å². The molecule has 1 aromatic carbocycles. The van der Waals surface area contributed by atoms with E-state index in [1.165, 1.54) is 12.1 Å². The fourth-order valence-electron chi connectivity index (χ4n) is 1.23. The van der Waals surface area contributed by atoms with Crippen molar-refractivity contribution >= 4 is 46.9 Å². The first-order chi connectivity index (χ1) is 8.79. The SMILES string of the molecule is O=C(N[C@H](C(=O)[O-])c1ccccc1)OCC(Cl)(Cl)Cl. The lowest BCUT2D eigenvalue weighted by Crippen LogP contribution is -2.42. The molecule has 0 bridgehead atoms. The molecule has 1 amide bonds. The van der Waals surface area contributed by atoms with Crippen LogP contribution in [0.15, 0.2) is 30.3 Å². The second-order valence-corrected chi connectivity index (χ2v) is 6.01. The summed E-state index contributed by atoms with van der Waals surface area (Å²) in [5.74, 6) is -1.47. The van der Waals surface area contributed by atoms with Crippen LogP contribution in [-0.4, -0.2) is 22.5 Å². The third kappa shape index (κ3) is 6.00. The fourth-order valence-corrected chi connectivity index (χ4v) is 1.39. The average molecular weight is 326 g/mol. The number of carboxylic acids is 1. The molecule has 5 nitrogen and oxygen atoms in total. The molecule has 1 rings (SSSR count). The summed E-state index contributed by atoms with van der Waals surface area (Å²) < 4.78 is 2.81. The van der Waals surface area contributed by atoms with Crippen LogP contribution in [0.4, 0.5) is 4.79 Å². The molecule has 0 fully saturated rings. The smallest absolute Gasteiger partial charge is 0.408 e. The Balaban J connectivity index is 2.65. The zero-order valence-electron chi connectivity index (χ0n) is 9.44. The van der Waals surface area contributed by atoms with Crippen molar-refractivity contribution in [1.82, 2.24) is 5.32 Å². The number of hydrogen-bond acceptors (Lipinski definition) is 4. The van der Waals surface area contributed by atoms with Crippen LogP contribution in [0.3, 0.4) is 0 Å². The monoisotopic (exact) mass is 324 g/mol. The highest BCUT2D eigenvalue weighted by atomic mass is 35.6. The minimum Gasteiger partial charge on any atom is -0.548 e. The van der Waals surface area contributed by atoms with E-state index in [2.05, 4.69) is 10.1 Å². The Labute approximate surface area is 124 Å². The maximum Gasteiger partial charge on any atom is 0.408 e. The largest absolute Gasteiger partial charge is 0.548 e. The number of amides is 1. The third-order valence-electron chi connectivity index (χ3n) is 2.00. The molecule has 0 heterocycles. The van der Waals surface area contributed by atoms with E-state index in [1.807, 2.05) is 0 Å². The highest BCUT2D eigenvalue weighted by Crippen LogP contribution is 2.26. The van der Waals surface area contributed by atoms with Crippen LogP contribution >= 0.6 is 34.8 Å². The molecule has 0 aliphatic carbocycles. The lowest BCUT2D eigenvalue weighted by atomic mass is 10.1. The number of carbonyl (C=O) groups is 2. The van der Waals surface area contributed by atoms with Gasteiger partial charge in [0.05, 0.1) is 12.0 Å². The molecule has 1 N–H and O–H groups in total. The summed E-state index contributed by atoms with van der Waals surface area (Å²) in [6.07, 6.45) is -1.02. The minimum atomic E-state index is -1.76. The molecule has 104 valence electrons. The molecule has 8 heteroatoms. The van der Waals surface area contributed by atoms with Gasteiger partial charge in [-0.1, -0.05) is 65.1 Å². The standard InChI is InChI=1S/C11H10Cl3NO4/c12-11(13,14)6-19-10(18)15-8(9(16)17)7-4-2-1-3-5-7/h1-5,8H,6H2,(H,15,18)(H,16,17)/p-1/t8-/m0/s1. The van der Waals surface area contributed by atoms with E-state index in [1.54, 1.807) is 18.2 Å². The molecule has 1 aromatic rings. The van der Waals surface area contributed by atoms with Gasteiger partial charge in [-0.25, -0.2) is 4.79 Å². The number of carbonyl (C=O) groups excluding carboxylic acids is 2. The first kappa shape index (κ1) is 15.9. The summed E-state index contributed by atoms with van der Waals surface area (Å²) in [7, 11) is 0. The normalized spacial score (nSPS) is 12.6. The molecule has 19 heavy (non-hydrogen) atoms. The number of halogens is 3. The van der Waals surface area contributed by atoms with Crippen LogP contribution < -0.4 is 10.4 Å². The van der Waals surface area contributed by atoms with Crippen LogP contribution in [-0.2, 0) is 9.53 Å². The Morgan fingerprint density at radius 1 is 1.26 bits per heavy atom. The summed E-state index contributed by atoms with van der Waals surface area (Å²) in [5, 5.41) is 13.1. The van der Waals surface area contributed by atoms with Crippen molar-refractivity contribution in [1.29, 1.82) is 0 Å². The van der Waals surface area contributed by atoms with E-state index in [0.29, 0.717) is 5.56 Å². The van der Waals surface area contributed by atoms with Crippen LogP contribution in [0.1, 0.15) is 11.6 Å². The van der Waals surface area contributed by atoms with Gasteiger partial charge in [-0.15, -0.1) is 0 Å². The number of hydrogen-bond donors (Lipinski definition) is 1. The Kier molecular flexibility index (Phi) is 5.72. The van der Waals surface area contributed by atoms with Crippen LogP contribution in [0.5, 0.6) is 0 Å². The van der Waals surface area contributed by atoms with E-state index >= 15 is 0 Å². The average Bonchev–Trinajstić information content (AvgIpc) is 2.33. The summed E-state index contributed by atoms with van der Waals surface area (Å²) in [6.45, 7) is -0.502. The number of nitrogens with one attached hydrogen (secondary N) is 1. The molecule has 0 aliphatic heterocycles. The topological polar surface area (TPSA) is 78.5 Å². The van der Waals surface area contributed by atoms with Crippen LogP contribution in [0, 0.1) is 0 Å². The zero-order valence-corrected chi connectivity index (χ0v) is 11.7. The van der Waals surface area contributed by atoms with Crippen molar-refractivity contribution in [2.24, 2.45) is 0 Å². The molecule has 0 spiro atoms. The molecule has 0 unspecified atom stereocenters. The first-order valence-corrected chi connectivity index (χ1v) is 6.19. The molecule has 1 atom stereocenters. The van der Waals surface area contributed by atoms with E-state index in [4.69, 9.17) is 34.8 Å². The Hall–Kier alpha value is -1.17. The number of ether oxygens (including phenoxy) is 1. The van der Waals surface area contributed by atoms with Gasteiger partial charge < -0.3 is 20.0 Å². The van der Waals surface area contributed by atoms with Gasteiger partial charge in [-0.3, -0.25) is 0 Å². The number of carboxylic acid groups (broad SMARTS) is 1. The molecule has 0 aliphatic rings. The highest BCUT2D eigenvalue weighted by molar-refractivity contribution is 6.67. The Morgan fingerprint density at radius 3 is 2.32 bits per heavy atom. The van der Waals surface area contributed by atoms with E-state index in [-0.39, 0.29) is 0 Å². The van der Waals surface area contributed by atoms with Gasteiger partial charge in [0, 0.05) is 0 Å². The van der Waals surface area contributed by atoms with Gasteiger partial charge in [0.2, 0.25) is 3.79 Å². The summed E-state index contributed by atoms with van der Waals surface area (Å²) in [4.78, 5) is 22.4. The molecule has 0 radical (unpaired) electrons. The van der Waals surface area contributed by atoms with Gasteiger partial charge in [-0.2, -0.15) is 0 Å². The predicted molar refractivity (Wildman–Crippen MR) is 69.0 cm³/mol. The summed E-state index contributed by atoms with van der Waals surface area (Å²) in [5.41, 5.74) is 0.341. The van der Waals surface area contributed by atoms with Crippen molar-refractivity contribution in [3.63, 3.8) is 0 Å². The molecular weight excluding hydrogens is 316 g/mol. The third-order valence-corrected chi connectivity index (χ3v) is 2.33. The maximum absolute atomic E-state index is 11.4. The van der Waals surface area contributed by atoms with E-state index in [0.717, 1.165) is 0 Å². The van der Waals surface area contributed by atoms with Gasteiger partial charge in [0.1, 0.15) is 6.61 Å². The van der Waals surface area contributed by atoms with Crippen molar-refractivity contribution in [2.45, 2.75) is 9.83 Å². The lowest BCUT2D eigenvalue weighted by Gasteiger charge is -2.20. The Bertz CT molecular complexity index is 447. The molecule has 0 aromatic heterocycles. The van der Waals surface area contributed by atoms with E-state index in [9.17, 15) is 14.7 Å². The fraction of sp³-hybridized carbons (Fsp3) is 0.273. The number of rotatable bonds is 4. The lowest BCUT2D eigenvalue weighted by molar-refractivity contribution is -0.308. The maximum atomic E-state index is 11.4.